The molecule has 3 nitrogen and oxygen atoms in total. The molecular formula is C14H22BrNO2S. The number of ether oxygens (including phenoxy) is 1. The Morgan fingerprint density at radius 3 is 3.16 bits per heavy atom. The van der Waals surface area contributed by atoms with Gasteiger partial charge in [0, 0.05) is 37.6 Å². The van der Waals surface area contributed by atoms with Crippen LogP contribution in [0.1, 0.15) is 42.7 Å². The Balaban J connectivity index is 1.93. The molecule has 0 saturated heterocycles. The molecule has 2 rings (SSSR count). The Morgan fingerprint density at radius 1 is 1.63 bits per heavy atom. The highest BCUT2D eigenvalue weighted by Crippen LogP contribution is 2.38. The van der Waals surface area contributed by atoms with Crippen molar-refractivity contribution >= 4 is 27.3 Å². The summed E-state index contributed by atoms with van der Waals surface area (Å²) in [5.74, 6) is 0. The summed E-state index contributed by atoms with van der Waals surface area (Å²) in [4.78, 5) is 1.48. The maximum Gasteiger partial charge on any atom is 0.0765 e. The second-order valence-corrected chi connectivity index (χ2v) is 8.01. The summed E-state index contributed by atoms with van der Waals surface area (Å²) in [7, 11) is 1.67. The second kappa shape index (κ2) is 6.68. The second-order valence-electron chi connectivity index (χ2n) is 5.49. The monoisotopic (exact) mass is 347 g/mol. The lowest BCUT2D eigenvalue weighted by Gasteiger charge is -2.29. The highest BCUT2D eigenvalue weighted by molar-refractivity contribution is 9.11. The maximum atomic E-state index is 10.3. The van der Waals surface area contributed by atoms with Gasteiger partial charge in [0.15, 0.2) is 0 Å². The van der Waals surface area contributed by atoms with E-state index in [1.54, 1.807) is 7.11 Å². The smallest absolute Gasteiger partial charge is 0.0765 e. The Morgan fingerprint density at radius 2 is 2.42 bits per heavy atom. The zero-order valence-electron chi connectivity index (χ0n) is 11.5. The van der Waals surface area contributed by atoms with Crippen molar-refractivity contribution in [2.45, 2.75) is 44.2 Å². The van der Waals surface area contributed by atoms with Gasteiger partial charge < -0.3 is 15.2 Å². The molecule has 0 spiro atoms. The van der Waals surface area contributed by atoms with Crippen LogP contribution in [0.3, 0.4) is 0 Å². The molecule has 0 amide bonds. The first-order valence-electron chi connectivity index (χ1n) is 6.74. The Kier molecular flexibility index (Phi) is 5.43. The zero-order valence-corrected chi connectivity index (χ0v) is 13.9. The Bertz CT molecular complexity index is 420. The predicted molar refractivity (Wildman–Crippen MR) is 82.8 cm³/mol. The molecule has 0 saturated carbocycles. The first kappa shape index (κ1) is 15.4. The van der Waals surface area contributed by atoms with E-state index in [0.29, 0.717) is 25.6 Å². The van der Waals surface area contributed by atoms with Crippen LogP contribution in [0.15, 0.2) is 9.85 Å². The van der Waals surface area contributed by atoms with E-state index in [0.717, 1.165) is 6.42 Å². The van der Waals surface area contributed by atoms with Crippen LogP contribution in [0.25, 0.3) is 0 Å². The van der Waals surface area contributed by atoms with Gasteiger partial charge in [0.2, 0.25) is 0 Å². The van der Waals surface area contributed by atoms with Gasteiger partial charge in [0.25, 0.3) is 0 Å². The van der Waals surface area contributed by atoms with Gasteiger partial charge in [0.05, 0.1) is 9.39 Å². The summed E-state index contributed by atoms with van der Waals surface area (Å²) in [6.45, 7) is 3.06. The molecule has 108 valence electrons. The van der Waals surface area contributed by atoms with Gasteiger partial charge in [0.1, 0.15) is 0 Å². The third-order valence-electron chi connectivity index (χ3n) is 3.66. The predicted octanol–water partition coefficient (Wildman–Crippen LogP) is 3.27. The van der Waals surface area contributed by atoms with Crippen molar-refractivity contribution in [1.29, 1.82) is 0 Å². The molecule has 1 aromatic rings. The third-order valence-corrected chi connectivity index (χ3v) is 5.37. The van der Waals surface area contributed by atoms with Crippen molar-refractivity contribution in [2.75, 3.05) is 20.3 Å². The van der Waals surface area contributed by atoms with E-state index in [1.165, 1.54) is 27.1 Å². The third kappa shape index (κ3) is 4.26. The molecule has 5 heteroatoms. The fraction of sp³-hybridized carbons (Fsp3) is 0.714. The van der Waals surface area contributed by atoms with Gasteiger partial charge in [-0.3, -0.25) is 0 Å². The van der Waals surface area contributed by atoms with Gasteiger partial charge in [-0.05, 0) is 53.7 Å². The molecule has 0 radical (unpaired) electrons. The first-order valence-corrected chi connectivity index (χ1v) is 8.35. The molecule has 0 bridgehead atoms. The summed E-state index contributed by atoms with van der Waals surface area (Å²) in [6, 6.07) is 2.60. The van der Waals surface area contributed by atoms with E-state index < -0.39 is 5.60 Å². The molecule has 1 aromatic heterocycles. The summed E-state index contributed by atoms with van der Waals surface area (Å²) in [6.07, 6.45) is 4.21. The van der Waals surface area contributed by atoms with Crippen LogP contribution in [0.4, 0.5) is 0 Å². The molecule has 1 aliphatic rings. The average molecular weight is 348 g/mol. The van der Waals surface area contributed by atoms with Crippen LogP contribution < -0.4 is 5.32 Å². The van der Waals surface area contributed by atoms with Crippen LogP contribution in [0.5, 0.6) is 0 Å². The number of nitrogens with one attached hydrogen (secondary N) is 1. The SMILES string of the molecule is COCCC(C)(O)CNC1CCCc2sc(Br)cc21. The number of aryl methyl sites for hydroxylation is 1. The molecule has 0 aromatic carbocycles. The lowest BCUT2D eigenvalue weighted by Crippen LogP contribution is -2.40. The maximum absolute atomic E-state index is 10.3. The number of hydrogen-bond acceptors (Lipinski definition) is 4. The highest BCUT2D eigenvalue weighted by atomic mass is 79.9. The average Bonchev–Trinajstić information content (AvgIpc) is 2.74. The molecule has 2 unspecified atom stereocenters. The first-order chi connectivity index (χ1) is 9.02. The van der Waals surface area contributed by atoms with Crippen molar-refractivity contribution in [3.63, 3.8) is 0 Å². The number of rotatable bonds is 6. The number of methoxy groups -OCH3 is 1. The minimum atomic E-state index is -0.707. The zero-order chi connectivity index (χ0) is 13.9. The molecule has 19 heavy (non-hydrogen) atoms. The summed E-state index contributed by atoms with van der Waals surface area (Å²) in [5.41, 5.74) is 0.701. The molecule has 0 aliphatic heterocycles. The minimum Gasteiger partial charge on any atom is -0.389 e. The van der Waals surface area contributed by atoms with Crippen LogP contribution in [-0.2, 0) is 11.2 Å². The molecule has 1 aliphatic carbocycles. The quantitative estimate of drug-likeness (QED) is 0.829. The number of aliphatic hydroxyl groups is 1. The van der Waals surface area contributed by atoms with E-state index >= 15 is 0 Å². The van der Waals surface area contributed by atoms with E-state index in [9.17, 15) is 5.11 Å². The molecular weight excluding hydrogens is 326 g/mol. The van der Waals surface area contributed by atoms with Gasteiger partial charge in [-0.25, -0.2) is 0 Å². The lowest BCUT2D eigenvalue weighted by molar-refractivity contribution is 0.0223. The molecule has 2 N–H and O–H groups in total. The van der Waals surface area contributed by atoms with Gasteiger partial charge in [-0.1, -0.05) is 0 Å². The van der Waals surface area contributed by atoms with Crippen LogP contribution >= 0.6 is 27.3 Å². The standard InChI is InChI=1S/C14H22BrNO2S/c1-14(17,6-7-18-2)9-16-11-4-3-5-12-10(11)8-13(15)19-12/h8,11,16-17H,3-7,9H2,1-2H3. The Hall–Kier alpha value is 0.0600. The fourth-order valence-corrected chi connectivity index (χ4v) is 4.31. The normalized spacial score (nSPS) is 22.0. The van der Waals surface area contributed by atoms with Gasteiger partial charge in [-0.15, -0.1) is 11.3 Å². The molecule has 2 atom stereocenters. The number of hydrogen-bond donors (Lipinski definition) is 2. The number of thiophene rings is 1. The van der Waals surface area contributed by atoms with Crippen molar-refractivity contribution in [3.05, 3.63) is 20.3 Å². The van der Waals surface area contributed by atoms with E-state index in [1.807, 2.05) is 18.3 Å². The summed E-state index contributed by atoms with van der Waals surface area (Å²) >= 11 is 5.40. The summed E-state index contributed by atoms with van der Waals surface area (Å²) in [5, 5.41) is 13.8. The van der Waals surface area contributed by atoms with E-state index in [-0.39, 0.29) is 0 Å². The topological polar surface area (TPSA) is 41.5 Å². The van der Waals surface area contributed by atoms with E-state index in [4.69, 9.17) is 4.74 Å². The van der Waals surface area contributed by atoms with Crippen LogP contribution in [-0.4, -0.2) is 31.0 Å². The summed E-state index contributed by atoms with van der Waals surface area (Å²) < 4.78 is 6.24. The number of halogens is 1. The number of fused-ring (bicyclic) bond motifs is 1. The molecule has 1 heterocycles. The van der Waals surface area contributed by atoms with Gasteiger partial charge in [-0.2, -0.15) is 0 Å². The largest absolute Gasteiger partial charge is 0.389 e. The van der Waals surface area contributed by atoms with Crippen LogP contribution in [0, 0.1) is 0 Å². The molecule has 0 fully saturated rings. The van der Waals surface area contributed by atoms with Crippen molar-refractivity contribution in [3.8, 4) is 0 Å². The van der Waals surface area contributed by atoms with Crippen molar-refractivity contribution < 1.29 is 9.84 Å². The van der Waals surface area contributed by atoms with E-state index in [2.05, 4.69) is 27.3 Å². The van der Waals surface area contributed by atoms with Crippen molar-refractivity contribution in [2.24, 2.45) is 0 Å². The van der Waals surface area contributed by atoms with Crippen molar-refractivity contribution in [1.82, 2.24) is 5.32 Å². The fourth-order valence-electron chi connectivity index (χ4n) is 2.49. The highest BCUT2D eigenvalue weighted by Gasteiger charge is 2.26. The van der Waals surface area contributed by atoms with Crippen LogP contribution in [0.2, 0.25) is 0 Å². The Labute approximate surface area is 127 Å². The lowest BCUT2D eigenvalue weighted by atomic mass is 9.93. The minimum absolute atomic E-state index is 0.375. The van der Waals surface area contributed by atoms with Gasteiger partial charge >= 0.3 is 0 Å².